The number of nitrogen functional groups attached to an aromatic ring is 1. The molecule has 0 unspecified atom stereocenters. The molecule has 0 radical (unpaired) electrons. The Hall–Kier alpha value is -1.56. The third kappa shape index (κ3) is 3.23. The van der Waals surface area contributed by atoms with Crippen LogP contribution in [0.1, 0.15) is 30.8 Å². The van der Waals surface area contributed by atoms with E-state index in [-0.39, 0.29) is 23.6 Å². The molecule has 0 atom stereocenters. The Labute approximate surface area is 94.2 Å². The lowest BCUT2D eigenvalue weighted by molar-refractivity contribution is 0.0924. The van der Waals surface area contributed by atoms with Crippen molar-refractivity contribution in [2.45, 2.75) is 20.3 Å². The number of hydrogen-bond donors (Lipinski definition) is 4. The van der Waals surface area contributed by atoms with Crippen molar-refractivity contribution in [1.82, 2.24) is 15.5 Å². The second kappa shape index (κ2) is 4.98. The Morgan fingerprint density at radius 1 is 1.69 bits per heavy atom. The number of aliphatic hydroxyl groups is 1. The average molecular weight is 226 g/mol. The number of nitrogens with two attached hydrogens (primary N) is 1. The quantitative estimate of drug-likeness (QED) is 0.573. The van der Waals surface area contributed by atoms with Gasteiger partial charge in [0.1, 0.15) is 5.69 Å². The van der Waals surface area contributed by atoms with Crippen molar-refractivity contribution in [3.05, 3.63) is 11.9 Å². The summed E-state index contributed by atoms with van der Waals surface area (Å²) < 4.78 is 0. The summed E-state index contributed by atoms with van der Waals surface area (Å²) in [5.41, 5.74) is 6.01. The Morgan fingerprint density at radius 2 is 2.38 bits per heavy atom. The zero-order valence-corrected chi connectivity index (χ0v) is 9.58. The van der Waals surface area contributed by atoms with Crippen LogP contribution in [0.2, 0.25) is 0 Å². The molecular weight excluding hydrogens is 208 g/mol. The van der Waals surface area contributed by atoms with Crippen molar-refractivity contribution >= 4 is 11.6 Å². The van der Waals surface area contributed by atoms with Crippen molar-refractivity contribution < 1.29 is 9.90 Å². The van der Waals surface area contributed by atoms with Gasteiger partial charge in [-0.15, -0.1) is 0 Å². The number of aromatic nitrogens is 2. The maximum absolute atomic E-state index is 11.7. The molecular formula is C10H18N4O2. The van der Waals surface area contributed by atoms with Crippen LogP contribution in [0.25, 0.3) is 0 Å². The third-order valence-corrected chi connectivity index (χ3v) is 2.41. The van der Waals surface area contributed by atoms with Crippen LogP contribution in [0.4, 0.5) is 5.69 Å². The number of hydrogen-bond acceptors (Lipinski definition) is 4. The predicted octanol–water partition coefficient (Wildman–Crippen LogP) is 0.130. The number of carbonyl (C=O) groups excluding carboxylic acids is 1. The minimum Gasteiger partial charge on any atom is -0.396 e. The van der Waals surface area contributed by atoms with Crippen LogP contribution in [0, 0.1) is 5.41 Å². The smallest absolute Gasteiger partial charge is 0.271 e. The monoisotopic (exact) mass is 226 g/mol. The van der Waals surface area contributed by atoms with E-state index in [1.807, 2.05) is 13.8 Å². The molecule has 0 spiro atoms. The fourth-order valence-electron chi connectivity index (χ4n) is 1.28. The van der Waals surface area contributed by atoms with Crippen molar-refractivity contribution in [3.63, 3.8) is 0 Å². The van der Waals surface area contributed by atoms with Crippen molar-refractivity contribution in [2.24, 2.45) is 5.41 Å². The van der Waals surface area contributed by atoms with Crippen LogP contribution >= 0.6 is 0 Å². The van der Waals surface area contributed by atoms with E-state index in [1.54, 1.807) is 0 Å². The number of H-pyrrole nitrogens is 1. The standard InChI is InChI=1S/C10H18N4O2/c1-10(2,3-4-15)6-12-9(16)8-7(11)5-13-14-8/h5,15H,3-4,6,11H2,1-2H3,(H,12,16)(H,13,14). The lowest BCUT2D eigenvalue weighted by atomic mass is 9.90. The lowest BCUT2D eigenvalue weighted by Gasteiger charge is -2.23. The number of aromatic amines is 1. The van der Waals surface area contributed by atoms with Crippen LogP contribution in [0.15, 0.2) is 6.20 Å². The summed E-state index contributed by atoms with van der Waals surface area (Å²) >= 11 is 0. The van der Waals surface area contributed by atoms with Gasteiger partial charge in [-0.3, -0.25) is 9.89 Å². The molecule has 0 fully saturated rings. The maximum atomic E-state index is 11.7. The van der Waals surface area contributed by atoms with Crippen LogP contribution in [0.3, 0.4) is 0 Å². The second-order valence-corrected chi connectivity index (χ2v) is 4.52. The van der Waals surface area contributed by atoms with Gasteiger partial charge in [0.2, 0.25) is 0 Å². The van der Waals surface area contributed by atoms with E-state index in [9.17, 15) is 4.79 Å². The first-order chi connectivity index (χ1) is 7.46. The van der Waals surface area contributed by atoms with E-state index in [0.717, 1.165) is 0 Å². The van der Waals surface area contributed by atoms with Gasteiger partial charge in [-0.1, -0.05) is 13.8 Å². The predicted molar refractivity (Wildman–Crippen MR) is 60.8 cm³/mol. The number of nitrogens with one attached hydrogen (secondary N) is 2. The summed E-state index contributed by atoms with van der Waals surface area (Å²) in [6.07, 6.45) is 2.03. The highest BCUT2D eigenvalue weighted by molar-refractivity contribution is 5.96. The molecule has 1 aromatic rings. The normalized spacial score (nSPS) is 11.4. The van der Waals surface area contributed by atoms with E-state index in [1.165, 1.54) is 6.20 Å². The van der Waals surface area contributed by atoms with Crippen molar-refractivity contribution in [2.75, 3.05) is 18.9 Å². The molecule has 16 heavy (non-hydrogen) atoms. The summed E-state index contributed by atoms with van der Waals surface area (Å²) in [7, 11) is 0. The molecule has 0 aliphatic rings. The minimum absolute atomic E-state index is 0.106. The molecule has 0 saturated carbocycles. The van der Waals surface area contributed by atoms with Gasteiger partial charge in [0, 0.05) is 13.2 Å². The molecule has 0 saturated heterocycles. The number of amides is 1. The molecule has 6 nitrogen and oxygen atoms in total. The number of nitrogens with zero attached hydrogens (tertiary/aromatic N) is 1. The fourth-order valence-corrected chi connectivity index (χ4v) is 1.28. The first kappa shape index (κ1) is 12.5. The van der Waals surface area contributed by atoms with Gasteiger partial charge < -0.3 is 16.2 Å². The number of anilines is 1. The van der Waals surface area contributed by atoms with E-state index in [4.69, 9.17) is 10.8 Å². The second-order valence-electron chi connectivity index (χ2n) is 4.52. The third-order valence-electron chi connectivity index (χ3n) is 2.41. The zero-order chi connectivity index (χ0) is 12.2. The fraction of sp³-hybridized carbons (Fsp3) is 0.600. The number of rotatable bonds is 5. The molecule has 90 valence electrons. The molecule has 0 aliphatic carbocycles. The molecule has 1 rings (SSSR count). The number of carbonyl (C=O) groups is 1. The molecule has 6 heteroatoms. The Balaban J connectivity index is 2.51. The summed E-state index contributed by atoms with van der Waals surface area (Å²) in [5, 5.41) is 17.8. The number of aliphatic hydroxyl groups excluding tert-OH is 1. The average Bonchev–Trinajstić information content (AvgIpc) is 2.61. The van der Waals surface area contributed by atoms with Crippen molar-refractivity contribution in [1.29, 1.82) is 0 Å². The molecule has 5 N–H and O–H groups in total. The van der Waals surface area contributed by atoms with Crippen LogP contribution in [-0.2, 0) is 0 Å². The van der Waals surface area contributed by atoms with Gasteiger partial charge in [-0.25, -0.2) is 0 Å². The molecule has 1 heterocycles. The molecule has 0 bridgehead atoms. The highest BCUT2D eigenvalue weighted by atomic mass is 16.3. The van der Waals surface area contributed by atoms with E-state index in [0.29, 0.717) is 18.7 Å². The summed E-state index contributed by atoms with van der Waals surface area (Å²) in [6, 6.07) is 0. The summed E-state index contributed by atoms with van der Waals surface area (Å²) in [4.78, 5) is 11.7. The molecule has 0 aromatic carbocycles. The van der Waals surface area contributed by atoms with Crippen LogP contribution in [-0.4, -0.2) is 34.4 Å². The SMILES string of the molecule is CC(C)(CCO)CNC(=O)c1[nH]ncc1N. The maximum Gasteiger partial charge on any atom is 0.271 e. The summed E-state index contributed by atoms with van der Waals surface area (Å²) in [5.74, 6) is -0.277. The molecule has 1 aromatic heterocycles. The van der Waals surface area contributed by atoms with Gasteiger partial charge in [-0.05, 0) is 11.8 Å². The largest absolute Gasteiger partial charge is 0.396 e. The minimum atomic E-state index is -0.277. The van der Waals surface area contributed by atoms with Gasteiger partial charge >= 0.3 is 0 Å². The van der Waals surface area contributed by atoms with Gasteiger partial charge in [-0.2, -0.15) is 5.10 Å². The van der Waals surface area contributed by atoms with Crippen LogP contribution in [0.5, 0.6) is 0 Å². The van der Waals surface area contributed by atoms with E-state index >= 15 is 0 Å². The topological polar surface area (TPSA) is 104 Å². The molecule has 0 aliphatic heterocycles. The molecule has 1 amide bonds. The van der Waals surface area contributed by atoms with Crippen molar-refractivity contribution in [3.8, 4) is 0 Å². The zero-order valence-electron chi connectivity index (χ0n) is 9.58. The van der Waals surface area contributed by atoms with E-state index < -0.39 is 0 Å². The first-order valence-corrected chi connectivity index (χ1v) is 5.14. The van der Waals surface area contributed by atoms with Gasteiger partial charge in [0.05, 0.1) is 11.9 Å². The highest BCUT2D eigenvalue weighted by Crippen LogP contribution is 2.18. The Kier molecular flexibility index (Phi) is 3.89. The van der Waals surface area contributed by atoms with Gasteiger partial charge in [0.25, 0.3) is 5.91 Å². The van der Waals surface area contributed by atoms with Crippen LogP contribution < -0.4 is 11.1 Å². The highest BCUT2D eigenvalue weighted by Gasteiger charge is 2.19. The lowest BCUT2D eigenvalue weighted by Crippen LogP contribution is -2.35. The first-order valence-electron chi connectivity index (χ1n) is 5.14. The summed E-state index contributed by atoms with van der Waals surface area (Å²) in [6.45, 7) is 4.53. The Morgan fingerprint density at radius 3 is 2.88 bits per heavy atom. The Bertz CT molecular complexity index is 359. The van der Waals surface area contributed by atoms with Gasteiger partial charge in [0.15, 0.2) is 0 Å². The van der Waals surface area contributed by atoms with E-state index in [2.05, 4.69) is 15.5 Å².